The van der Waals surface area contributed by atoms with Gasteiger partial charge in [-0.25, -0.2) is 0 Å². The molecule has 88 valence electrons. The highest BCUT2D eigenvalue weighted by Gasteiger charge is 2.16. The fourth-order valence-corrected chi connectivity index (χ4v) is 1.31. The van der Waals surface area contributed by atoms with Gasteiger partial charge in [0.2, 0.25) is 0 Å². The van der Waals surface area contributed by atoms with Gasteiger partial charge >= 0.3 is 5.97 Å². The topological polar surface area (TPSA) is 119 Å². The zero-order valence-electron chi connectivity index (χ0n) is 8.80. The maximum atomic E-state index is 11.1. The van der Waals surface area contributed by atoms with Gasteiger partial charge in [0.1, 0.15) is 6.04 Å². The van der Waals surface area contributed by atoms with Gasteiger partial charge in [0.25, 0.3) is 0 Å². The molecule has 16 heavy (non-hydrogen) atoms. The number of phenols is 2. The van der Waals surface area contributed by atoms with Crippen LogP contribution in [0.2, 0.25) is 0 Å². The third-order valence-electron chi connectivity index (χ3n) is 2.14. The van der Waals surface area contributed by atoms with Crippen molar-refractivity contribution in [1.82, 2.24) is 0 Å². The van der Waals surface area contributed by atoms with Gasteiger partial charge in [-0.3, -0.25) is 4.79 Å². The number of aromatic hydroxyl groups is 2. The number of benzene rings is 1. The maximum absolute atomic E-state index is 11.1. The number of nitrogens with two attached hydrogens (primary N) is 2. The first-order valence-corrected chi connectivity index (χ1v) is 4.59. The molecule has 0 bridgehead atoms. The summed E-state index contributed by atoms with van der Waals surface area (Å²) in [5, 5.41) is 18.5. The van der Waals surface area contributed by atoms with Crippen molar-refractivity contribution in [2.75, 3.05) is 12.8 Å². The van der Waals surface area contributed by atoms with Gasteiger partial charge in [-0.05, 0) is 24.1 Å². The smallest absolute Gasteiger partial charge is 0.322 e. The van der Waals surface area contributed by atoms with Gasteiger partial charge in [0, 0.05) is 0 Å². The van der Waals surface area contributed by atoms with Crippen LogP contribution >= 0.6 is 0 Å². The quantitative estimate of drug-likeness (QED) is 0.320. The van der Waals surface area contributed by atoms with Crippen molar-refractivity contribution in [2.24, 2.45) is 5.73 Å². The number of rotatable bonds is 3. The van der Waals surface area contributed by atoms with E-state index in [0.717, 1.165) is 0 Å². The molecule has 0 saturated heterocycles. The van der Waals surface area contributed by atoms with E-state index in [1.54, 1.807) is 0 Å². The lowest BCUT2D eigenvalue weighted by atomic mass is 10.1. The largest absolute Gasteiger partial charge is 0.504 e. The molecule has 6 heteroatoms. The molecule has 0 spiro atoms. The Kier molecular flexibility index (Phi) is 3.57. The van der Waals surface area contributed by atoms with E-state index >= 15 is 0 Å². The number of hydrogen-bond acceptors (Lipinski definition) is 6. The van der Waals surface area contributed by atoms with E-state index in [-0.39, 0.29) is 23.6 Å². The zero-order chi connectivity index (χ0) is 12.3. The van der Waals surface area contributed by atoms with Crippen molar-refractivity contribution in [3.63, 3.8) is 0 Å². The van der Waals surface area contributed by atoms with Crippen LogP contribution in [0.3, 0.4) is 0 Å². The summed E-state index contributed by atoms with van der Waals surface area (Å²) in [6.45, 7) is 0. The predicted molar refractivity (Wildman–Crippen MR) is 57.9 cm³/mol. The second-order valence-corrected chi connectivity index (χ2v) is 3.39. The minimum absolute atomic E-state index is 0.0343. The van der Waals surface area contributed by atoms with Crippen molar-refractivity contribution in [2.45, 2.75) is 12.5 Å². The lowest BCUT2D eigenvalue weighted by Crippen LogP contribution is -2.33. The molecule has 0 aliphatic rings. The Hall–Kier alpha value is -1.95. The molecule has 6 N–H and O–H groups in total. The Balaban J connectivity index is 2.86. The van der Waals surface area contributed by atoms with Crippen LogP contribution in [0.25, 0.3) is 0 Å². The van der Waals surface area contributed by atoms with Crippen LogP contribution in [0.15, 0.2) is 12.1 Å². The highest BCUT2D eigenvalue weighted by molar-refractivity contribution is 5.76. The fraction of sp³-hybridized carbons (Fsp3) is 0.300. The lowest BCUT2D eigenvalue weighted by molar-refractivity contribution is -0.142. The van der Waals surface area contributed by atoms with Crippen LogP contribution in [0.4, 0.5) is 5.69 Å². The minimum Gasteiger partial charge on any atom is -0.504 e. The Bertz CT molecular complexity index is 383. The fourth-order valence-electron chi connectivity index (χ4n) is 1.31. The molecule has 1 atom stereocenters. The molecule has 0 unspecified atom stereocenters. The average Bonchev–Trinajstić information content (AvgIpc) is 2.24. The predicted octanol–water partition coefficient (Wildman–Crippen LogP) is -0.277. The number of hydrogen-bond donors (Lipinski definition) is 4. The number of methoxy groups -OCH3 is 1. The van der Waals surface area contributed by atoms with E-state index in [4.69, 9.17) is 11.5 Å². The van der Waals surface area contributed by atoms with Gasteiger partial charge < -0.3 is 26.4 Å². The van der Waals surface area contributed by atoms with Gasteiger partial charge in [-0.2, -0.15) is 0 Å². The highest BCUT2D eigenvalue weighted by atomic mass is 16.5. The molecule has 0 fully saturated rings. The van der Waals surface area contributed by atoms with Crippen LogP contribution in [0.5, 0.6) is 11.5 Å². The van der Waals surface area contributed by atoms with E-state index in [9.17, 15) is 15.0 Å². The van der Waals surface area contributed by atoms with Gasteiger partial charge in [-0.15, -0.1) is 0 Å². The Labute approximate surface area is 92.4 Å². The summed E-state index contributed by atoms with van der Waals surface area (Å²) in [5.41, 5.74) is 11.6. The van der Waals surface area contributed by atoms with Crippen LogP contribution in [-0.2, 0) is 16.0 Å². The molecule has 1 rings (SSSR count). The summed E-state index contributed by atoms with van der Waals surface area (Å²) >= 11 is 0. The third kappa shape index (κ3) is 2.54. The molecule has 0 saturated carbocycles. The highest BCUT2D eigenvalue weighted by Crippen LogP contribution is 2.32. The molecule has 6 nitrogen and oxygen atoms in total. The molecule has 1 aromatic rings. The van der Waals surface area contributed by atoms with E-state index < -0.39 is 12.0 Å². The number of phenolic OH excluding ortho intramolecular Hbond substituents is 2. The number of carbonyl (C=O) groups excluding carboxylic acids is 1. The third-order valence-corrected chi connectivity index (χ3v) is 2.14. The number of esters is 1. The van der Waals surface area contributed by atoms with E-state index in [1.807, 2.05) is 0 Å². The first-order chi connectivity index (χ1) is 7.45. The van der Waals surface area contributed by atoms with Crippen molar-refractivity contribution in [3.05, 3.63) is 17.7 Å². The lowest BCUT2D eigenvalue weighted by Gasteiger charge is -2.10. The second kappa shape index (κ2) is 4.71. The van der Waals surface area contributed by atoms with E-state index in [1.165, 1.54) is 19.2 Å². The SMILES string of the molecule is COC(=O)[C@@H](N)Cc1cc(N)c(O)c(O)c1. The van der Waals surface area contributed by atoms with Crippen molar-refractivity contribution >= 4 is 11.7 Å². The van der Waals surface area contributed by atoms with E-state index in [0.29, 0.717) is 5.56 Å². The molecule has 0 amide bonds. The zero-order valence-corrected chi connectivity index (χ0v) is 8.80. The first kappa shape index (κ1) is 12.1. The summed E-state index contributed by atoms with van der Waals surface area (Å²) in [6.07, 6.45) is 0.171. The van der Waals surface area contributed by atoms with Crippen molar-refractivity contribution in [1.29, 1.82) is 0 Å². The Morgan fingerprint density at radius 3 is 2.62 bits per heavy atom. The monoisotopic (exact) mass is 226 g/mol. The van der Waals surface area contributed by atoms with Crippen LogP contribution in [0, 0.1) is 0 Å². The molecule has 0 aliphatic heterocycles. The van der Waals surface area contributed by atoms with E-state index in [2.05, 4.69) is 4.74 Å². The van der Waals surface area contributed by atoms with Gasteiger partial charge in [0.05, 0.1) is 12.8 Å². The number of carbonyl (C=O) groups is 1. The van der Waals surface area contributed by atoms with Gasteiger partial charge in [0.15, 0.2) is 11.5 Å². The number of ether oxygens (including phenoxy) is 1. The van der Waals surface area contributed by atoms with Crippen LogP contribution in [0.1, 0.15) is 5.56 Å². The van der Waals surface area contributed by atoms with Crippen molar-refractivity contribution in [3.8, 4) is 11.5 Å². The summed E-state index contributed by atoms with van der Waals surface area (Å²) in [7, 11) is 1.24. The molecule has 0 aliphatic carbocycles. The van der Waals surface area contributed by atoms with Crippen molar-refractivity contribution < 1.29 is 19.7 Å². The number of nitrogen functional groups attached to an aromatic ring is 1. The standard InChI is InChI=1S/C10H14N2O4/c1-16-10(15)7(12)3-5-2-6(11)9(14)8(13)4-5/h2,4,7,13-14H,3,11-12H2,1H3/t7-/m0/s1. The Morgan fingerprint density at radius 2 is 2.12 bits per heavy atom. The number of anilines is 1. The minimum atomic E-state index is -0.826. The Morgan fingerprint density at radius 1 is 1.50 bits per heavy atom. The normalized spacial score (nSPS) is 12.1. The first-order valence-electron chi connectivity index (χ1n) is 4.59. The summed E-state index contributed by atoms with van der Waals surface area (Å²) in [5.74, 6) is -1.27. The average molecular weight is 226 g/mol. The summed E-state index contributed by atoms with van der Waals surface area (Å²) in [6, 6.07) is 1.92. The summed E-state index contributed by atoms with van der Waals surface area (Å²) in [4.78, 5) is 11.1. The summed E-state index contributed by atoms with van der Waals surface area (Å²) < 4.78 is 4.46. The molecule has 0 radical (unpaired) electrons. The van der Waals surface area contributed by atoms with Gasteiger partial charge in [-0.1, -0.05) is 0 Å². The molecule has 0 aromatic heterocycles. The molecular formula is C10H14N2O4. The molecule has 1 aromatic carbocycles. The molecular weight excluding hydrogens is 212 g/mol. The second-order valence-electron chi connectivity index (χ2n) is 3.39. The molecule has 0 heterocycles. The van der Waals surface area contributed by atoms with Crippen LogP contribution < -0.4 is 11.5 Å². The maximum Gasteiger partial charge on any atom is 0.322 e. The van der Waals surface area contributed by atoms with Crippen LogP contribution in [-0.4, -0.2) is 29.3 Å².